The summed E-state index contributed by atoms with van der Waals surface area (Å²) >= 11 is 4.44. The molecule has 2 rings (SSSR count). The highest BCUT2D eigenvalue weighted by atomic mass is 79.9. The molecule has 0 radical (unpaired) electrons. The molecule has 1 N–H and O–H groups in total. The van der Waals surface area contributed by atoms with Crippen LogP contribution >= 0.6 is 27.3 Å². The van der Waals surface area contributed by atoms with E-state index in [2.05, 4.69) is 21.2 Å². The molecule has 0 saturated carbocycles. The summed E-state index contributed by atoms with van der Waals surface area (Å²) in [7, 11) is 0. The second-order valence-corrected chi connectivity index (χ2v) is 5.42. The number of anilines is 1. The van der Waals surface area contributed by atoms with Gasteiger partial charge >= 0.3 is 0 Å². The van der Waals surface area contributed by atoms with Crippen molar-refractivity contribution in [2.24, 2.45) is 0 Å². The third-order valence-corrected chi connectivity index (χ3v) is 4.23. The van der Waals surface area contributed by atoms with Crippen molar-refractivity contribution in [2.75, 3.05) is 5.32 Å². The van der Waals surface area contributed by atoms with Gasteiger partial charge in [0, 0.05) is 10.5 Å². The molecule has 6 nitrogen and oxygen atoms in total. The summed E-state index contributed by atoms with van der Waals surface area (Å²) in [5.41, 5.74) is -0.101. The number of benzene rings is 1. The van der Waals surface area contributed by atoms with Gasteiger partial charge in [-0.1, -0.05) is 0 Å². The van der Waals surface area contributed by atoms with Crippen LogP contribution in [0, 0.1) is 21.4 Å². The van der Waals surface area contributed by atoms with Gasteiger partial charge in [0.25, 0.3) is 11.6 Å². The first kappa shape index (κ1) is 14.2. The van der Waals surface area contributed by atoms with Crippen molar-refractivity contribution in [3.05, 3.63) is 54.7 Å². The van der Waals surface area contributed by atoms with Gasteiger partial charge in [0.05, 0.1) is 16.6 Å². The molecule has 20 heavy (non-hydrogen) atoms. The van der Waals surface area contributed by atoms with Crippen LogP contribution in [0.3, 0.4) is 0 Å². The highest BCUT2D eigenvalue weighted by molar-refractivity contribution is 9.10. The fraction of sp³-hybridized carbons (Fsp3) is 0. The molecule has 0 aliphatic rings. The smallest absolute Gasteiger partial charge is 0.294 e. The van der Waals surface area contributed by atoms with Crippen LogP contribution < -0.4 is 5.32 Å². The van der Waals surface area contributed by atoms with E-state index in [0.29, 0.717) is 9.35 Å². The lowest BCUT2D eigenvalue weighted by Crippen LogP contribution is -2.12. The summed E-state index contributed by atoms with van der Waals surface area (Å²) < 4.78 is 0.622. The minimum Gasteiger partial charge on any atom is -0.315 e. The number of nitrogens with zero attached hydrogens (tertiary/aromatic N) is 2. The number of carbonyl (C=O) groups is 1. The van der Waals surface area contributed by atoms with Gasteiger partial charge in [0.15, 0.2) is 0 Å². The molecule has 0 aliphatic carbocycles. The Balaban J connectivity index is 2.35. The molecule has 0 bridgehead atoms. The van der Waals surface area contributed by atoms with Crippen LogP contribution in [0.5, 0.6) is 0 Å². The number of carbonyl (C=O) groups excluding carboxylic acids is 1. The lowest BCUT2D eigenvalue weighted by Gasteiger charge is -2.05. The van der Waals surface area contributed by atoms with E-state index in [1.807, 2.05) is 6.07 Å². The zero-order valence-corrected chi connectivity index (χ0v) is 12.2. The zero-order chi connectivity index (χ0) is 14.7. The second kappa shape index (κ2) is 5.81. The van der Waals surface area contributed by atoms with E-state index >= 15 is 0 Å². The Morgan fingerprint density at radius 1 is 1.45 bits per heavy atom. The number of hydrogen-bond donors (Lipinski definition) is 1. The van der Waals surface area contributed by atoms with Gasteiger partial charge in [0.1, 0.15) is 10.6 Å². The molecule has 0 unspecified atom stereocenters. The van der Waals surface area contributed by atoms with Crippen molar-refractivity contribution in [1.82, 2.24) is 0 Å². The first-order valence-electron chi connectivity index (χ1n) is 5.26. The summed E-state index contributed by atoms with van der Waals surface area (Å²) in [4.78, 5) is 22.8. The average molecular weight is 352 g/mol. The van der Waals surface area contributed by atoms with Crippen LogP contribution in [0.1, 0.15) is 15.2 Å². The van der Waals surface area contributed by atoms with Crippen molar-refractivity contribution < 1.29 is 9.72 Å². The molecule has 1 aromatic heterocycles. The average Bonchev–Trinajstić information content (AvgIpc) is 2.85. The molecule has 0 aliphatic heterocycles. The largest absolute Gasteiger partial charge is 0.315 e. The highest BCUT2D eigenvalue weighted by Crippen LogP contribution is 2.28. The summed E-state index contributed by atoms with van der Waals surface area (Å²) in [6, 6.07) is 7.41. The maximum atomic E-state index is 12.0. The molecular formula is C12H6BrN3O3S. The van der Waals surface area contributed by atoms with Gasteiger partial charge < -0.3 is 5.32 Å². The fourth-order valence-corrected chi connectivity index (χ4v) is 2.94. The maximum absolute atomic E-state index is 12.0. The molecule has 1 amide bonds. The quantitative estimate of drug-likeness (QED) is 0.675. The Bertz CT molecular complexity index is 736. The molecule has 1 heterocycles. The van der Waals surface area contributed by atoms with Crippen LogP contribution in [0.25, 0.3) is 0 Å². The number of nitro groups is 1. The number of hydrogen-bond acceptors (Lipinski definition) is 5. The molecule has 8 heteroatoms. The van der Waals surface area contributed by atoms with E-state index in [1.54, 1.807) is 11.4 Å². The lowest BCUT2D eigenvalue weighted by atomic mass is 10.2. The van der Waals surface area contributed by atoms with Crippen molar-refractivity contribution >= 4 is 44.5 Å². The third-order valence-electron chi connectivity index (χ3n) is 2.40. The number of thiophene rings is 1. The van der Waals surface area contributed by atoms with Gasteiger partial charge in [-0.2, -0.15) is 5.26 Å². The Morgan fingerprint density at radius 2 is 2.20 bits per heavy atom. The van der Waals surface area contributed by atoms with Crippen LogP contribution in [0.2, 0.25) is 0 Å². The number of rotatable bonds is 3. The number of amides is 1. The van der Waals surface area contributed by atoms with Gasteiger partial charge in [-0.15, -0.1) is 11.3 Å². The van der Waals surface area contributed by atoms with Crippen LogP contribution in [-0.2, 0) is 0 Å². The molecule has 0 spiro atoms. The van der Waals surface area contributed by atoms with E-state index in [0.717, 1.165) is 6.07 Å². The van der Waals surface area contributed by atoms with E-state index < -0.39 is 10.8 Å². The van der Waals surface area contributed by atoms with Crippen molar-refractivity contribution in [1.29, 1.82) is 5.26 Å². The maximum Gasteiger partial charge on any atom is 0.294 e. The predicted molar refractivity (Wildman–Crippen MR) is 77.8 cm³/mol. The predicted octanol–water partition coefficient (Wildman–Crippen LogP) is 3.54. The second-order valence-electron chi connectivity index (χ2n) is 3.65. The van der Waals surface area contributed by atoms with E-state index in [9.17, 15) is 14.9 Å². The zero-order valence-electron chi connectivity index (χ0n) is 9.79. The van der Waals surface area contributed by atoms with Gasteiger partial charge in [-0.25, -0.2) is 0 Å². The fourth-order valence-electron chi connectivity index (χ4n) is 1.49. The van der Waals surface area contributed by atoms with Crippen LogP contribution in [-0.4, -0.2) is 10.8 Å². The van der Waals surface area contributed by atoms with Gasteiger partial charge in [0.2, 0.25) is 0 Å². The summed E-state index contributed by atoms with van der Waals surface area (Å²) in [6.07, 6.45) is 0. The Morgan fingerprint density at radius 3 is 2.75 bits per heavy atom. The number of nitro benzene ring substituents is 1. The Kier molecular flexibility index (Phi) is 4.12. The van der Waals surface area contributed by atoms with Crippen LogP contribution in [0.4, 0.5) is 11.4 Å². The molecule has 1 aromatic carbocycles. The van der Waals surface area contributed by atoms with Gasteiger partial charge in [-0.05, 0) is 39.5 Å². The number of nitriles is 1. The topological polar surface area (TPSA) is 96.0 Å². The minimum absolute atomic E-state index is 0.0549. The molecule has 2 aromatic rings. The standard InChI is InChI=1S/C12H6BrN3O3S/c13-8-3-4-20-11(8)12(17)15-9-2-1-7(6-14)5-10(9)16(18)19/h1-5H,(H,15,17). The highest BCUT2D eigenvalue weighted by Gasteiger charge is 2.19. The first-order chi connectivity index (χ1) is 9.52. The number of halogens is 1. The van der Waals surface area contributed by atoms with E-state index in [-0.39, 0.29) is 16.9 Å². The van der Waals surface area contributed by atoms with Crippen molar-refractivity contribution in [2.45, 2.75) is 0 Å². The van der Waals surface area contributed by atoms with Gasteiger partial charge in [-0.3, -0.25) is 14.9 Å². The summed E-state index contributed by atoms with van der Waals surface area (Å²) in [6.45, 7) is 0. The molecule has 0 saturated heterocycles. The molecule has 100 valence electrons. The van der Waals surface area contributed by atoms with Crippen LogP contribution in [0.15, 0.2) is 34.1 Å². The molecular weight excluding hydrogens is 346 g/mol. The monoisotopic (exact) mass is 351 g/mol. The van der Waals surface area contributed by atoms with Crippen molar-refractivity contribution in [3.8, 4) is 6.07 Å². The minimum atomic E-state index is -0.639. The summed E-state index contributed by atoms with van der Waals surface area (Å²) in [5.74, 6) is -0.445. The van der Waals surface area contributed by atoms with E-state index in [4.69, 9.17) is 5.26 Å². The lowest BCUT2D eigenvalue weighted by molar-refractivity contribution is -0.383. The van der Waals surface area contributed by atoms with Crippen molar-refractivity contribution in [3.63, 3.8) is 0 Å². The third kappa shape index (κ3) is 2.84. The first-order valence-corrected chi connectivity index (χ1v) is 6.93. The Labute approximate surface area is 125 Å². The summed E-state index contributed by atoms with van der Waals surface area (Å²) in [5, 5.41) is 23.9. The number of nitrogens with one attached hydrogen (secondary N) is 1. The normalized spacial score (nSPS) is 9.80. The van der Waals surface area contributed by atoms with E-state index in [1.165, 1.54) is 23.5 Å². The SMILES string of the molecule is N#Cc1ccc(NC(=O)c2sccc2Br)c([N+](=O)[O-])c1. The molecule has 0 atom stereocenters. The Hall–Kier alpha value is -2.24. The molecule has 0 fully saturated rings.